The molecule has 1 heterocycles. The number of aliphatic hydroxyl groups excluding tert-OH is 1. The van der Waals surface area contributed by atoms with E-state index in [4.69, 9.17) is 16.3 Å². The lowest BCUT2D eigenvalue weighted by Gasteiger charge is -2.47. The summed E-state index contributed by atoms with van der Waals surface area (Å²) in [6.45, 7) is 4.98. The summed E-state index contributed by atoms with van der Waals surface area (Å²) in [6.07, 6.45) is 9.17. The molecule has 1 aromatic rings. The normalized spacial score (nSPS) is 36.3. The van der Waals surface area contributed by atoms with Crippen LogP contribution in [0.15, 0.2) is 24.3 Å². The van der Waals surface area contributed by atoms with E-state index >= 15 is 0 Å². The van der Waals surface area contributed by atoms with Gasteiger partial charge in [-0.2, -0.15) is 0 Å². The van der Waals surface area contributed by atoms with E-state index in [-0.39, 0.29) is 28.6 Å². The Morgan fingerprint density at radius 3 is 2.29 bits per heavy atom. The molecule has 24 heavy (non-hydrogen) atoms. The van der Waals surface area contributed by atoms with Gasteiger partial charge in [0.2, 0.25) is 0 Å². The summed E-state index contributed by atoms with van der Waals surface area (Å²) in [5, 5.41) is 11.2. The highest BCUT2D eigenvalue weighted by molar-refractivity contribution is 6.30. The SMILES string of the molecule is CC1(C)CC[C@@]2(Cc3ccc(Cl)cc3)O[C@@]12C1(CO)CCCCC1. The third-order valence-electron chi connectivity index (χ3n) is 7.32. The molecule has 0 spiro atoms. The van der Waals surface area contributed by atoms with Crippen LogP contribution in [-0.4, -0.2) is 22.9 Å². The zero-order chi connectivity index (χ0) is 17.1. The van der Waals surface area contributed by atoms with Gasteiger partial charge < -0.3 is 9.84 Å². The first-order chi connectivity index (χ1) is 11.4. The van der Waals surface area contributed by atoms with Crippen molar-refractivity contribution in [3.05, 3.63) is 34.9 Å². The number of epoxide rings is 1. The minimum absolute atomic E-state index is 0.0579. The molecule has 0 amide bonds. The number of hydrogen-bond acceptors (Lipinski definition) is 2. The lowest BCUT2D eigenvalue weighted by molar-refractivity contribution is -0.0576. The number of hydrogen-bond donors (Lipinski definition) is 1. The van der Waals surface area contributed by atoms with Gasteiger partial charge in [0.1, 0.15) is 11.2 Å². The molecule has 132 valence electrons. The molecule has 1 N–H and O–H groups in total. The predicted molar refractivity (Wildman–Crippen MR) is 97.3 cm³/mol. The summed E-state index contributed by atoms with van der Waals surface area (Å²) in [7, 11) is 0. The fraction of sp³-hybridized carbons (Fsp3) is 0.714. The first-order valence-electron chi connectivity index (χ1n) is 9.46. The fourth-order valence-electron chi connectivity index (χ4n) is 6.28. The number of ether oxygens (including phenoxy) is 1. The molecule has 3 heteroatoms. The Morgan fingerprint density at radius 1 is 1.00 bits per heavy atom. The molecule has 2 nitrogen and oxygen atoms in total. The van der Waals surface area contributed by atoms with Crippen LogP contribution in [0, 0.1) is 10.8 Å². The Bertz CT molecular complexity index is 617. The van der Waals surface area contributed by atoms with E-state index in [1.54, 1.807) is 0 Å². The number of halogens is 1. The Kier molecular flexibility index (Phi) is 3.84. The second-order valence-corrected chi connectivity index (χ2v) is 9.40. The first-order valence-corrected chi connectivity index (χ1v) is 9.84. The summed E-state index contributed by atoms with van der Waals surface area (Å²) in [6, 6.07) is 8.20. The molecule has 0 bridgehead atoms. The maximum Gasteiger partial charge on any atom is 0.111 e. The predicted octanol–water partition coefficient (Wildman–Crippen LogP) is 5.15. The number of fused-ring (bicyclic) bond motifs is 1. The average molecular weight is 349 g/mol. The third-order valence-corrected chi connectivity index (χ3v) is 7.57. The minimum atomic E-state index is -0.165. The van der Waals surface area contributed by atoms with E-state index in [0.717, 1.165) is 30.7 Å². The number of benzene rings is 1. The zero-order valence-corrected chi connectivity index (χ0v) is 15.7. The van der Waals surface area contributed by atoms with Gasteiger partial charge in [0.05, 0.1) is 6.61 Å². The van der Waals surface area contributed by atoms with Crippen LogP contribution in [0.5, 0.6) is 0 Å². The van der Waals surface area contributed by atoms with Crippen molar-refractivity contribution in [2.24, 2.45) is 10.8 Å². The molecule has 2 atom stereocenters. The highest BCUT2D eigenvalue weighted by Crippen LogP contribution is 2.77. The van der Waals surface area contributed by atoms with Crippen LogP contribution in [0.4, 0.5) is 0 Å². The lowest BCUT2D eigenvalue weighted by atomic mass is 9.56. The van der Waals surface area contributed by atoms with E-state index in [1.165, 1.54) is 31.2 Å². The van der Waals surface area contributed by atoms with Crippen LogP contribution < -0.4 is 0 Å². The molecule has 0 aromatic heterocycles. The maximum atomic E-state index is 10.4. The van der Waals surface area contributed by atoms with Gasteiger partial charge in [0.25, 0.3) is 0 Å². The smallest absolute Gasteiger partial charge is 0.111 e. The van der Waals surface area contributed by atoms with Gasteiger partial charge in [-0.1, -0.05) is 56.8 Å². The van der Waals surface area contributed by atoms with Gasteiger partial charge in [0, 0.05) is 16.9 Å². The topological polar surface area (TPSA) is 32.8 Å². The van der Waals surface area contributed by atoms with E-state index in [1.807, 2.05) is 12.1 Å². The summed E-state index contributed by atoms with van der Waals surface area (Å²) >= 11 is 6.05. The monoisotopic (exact) mass is 348 g/mol. The van der Waals surface area contributed by atoms with Crippen LogP contribution in [0.25, 0.3) is 0 Å². The molecule has 0 radical (unpaired) electrons. The number of rotatable bonds is 4. The van der Waals surface area contributed by atoms with E-state index in [9.17, 15) is 5.11 Å². The third kappa shape index (κ3) is 2.09. The zero-order valence-electron chi connectivity index (χ0n) is 14.9. The quantitative estimate of drug-likeness (QED) is 0.763. The largest absolute Gasteiger partial charge is 0.396 e. The van der Waals surface area contributed by atoms with E-state index in [2.05, 4.69) is 26.0 Å². The van der Waals surface area contributed by atoms with Gasteiger partial charge in [-0.15, -0.1) is 0 Å². The second-order valence-electron chi connectivity index (χ2n) is 8.96. The van der Waals surface area contributed by atoms with Crippen molar-refractivity contribution in [1.82, 2.24) is 0 Å². The molecule has 2 saturated carbocycles. The van der Waals surface area contributed by atoms with Gasteiger partial charge >= 0.3 is 0 Å². The van der Waals surface area contributed by atoms with Crippen LogP contribution in [0.3, 0.4) is 0 Å². The standard InChI is InChI=1S/C21H29ClO2/c1-18(2)12-13-20(14-16-6-8-17(22)9-7-16)21(18,24-20)19(15-23)10-4-3-5-11-19/h6-9,23H,3-5,10-15H2,1-2H3/t20-,21+/m0/s1. The molecular formula is C21H29ClO2. The van der Waals surface area contributed by atoms with Gasteiger partial charge in [-0.05, 0) is 48.8 Å². The van der Waals surface area contributed by atoms with Crippen LogP contribution in [0.1, 0.15) is 64.4 Å². The summed E-state index contributed by atoms with van der Waals surface area (Å²) < 4.78 is 6.72. The summed E-state index contributed by atoms with van der Waals surface area (Å²) in [4.78, 5) is 0. The van der Waals surface area contributed by atoms with Gasteiger partial charge in [-0.3, -0.25) is 0 Å². The van der Waals surface area contributed by atoms with Crippen LogP contribution >= 0.6 is 11.6 Å². The van der Waals surface area contributed by atoms with Crippen molar-refractivity contribution in [2.75, 3.05) is 6.61 Å². The van der Waals surface area contributed by atoms with Crippen LogP contribution in [0.2, 0.25) is 5.02 Å². The lowest BCUT2D eigenvalue weighted by Crippen LogP contribution is -2.53. The second kappa shape index (κ2) is 5.46. The van der Waals surface area contributed by atoms with Crippen molar-refractivity contribution in [3.8, 4) is 0 Å². The van der Waals surface area contributed by atoms with Crippen LogP contribution in [-0.2, 0) is 11.2 Å². The molecule has 2 aliphatic carbocycles. The highest BCUT2D eigenvalue weighted by Gasteiger charge is 2.85. The van der Waals surface area contributed by atoms with E-state index < -0.39 is 0 Å². The van der Waals surface area contributed by atoms with Gasteiger partial charge in [0.15, 0.2) is 0 Å². The molecular weight excluding hydrogens is 320 g/mol. The Labute approximate surface area is 150 Å². The maximum absolute atomic E-state index is 10.4. The Hall–Kier alpha value is -0.570. The van der Waals surface area contributed by atoms with Gasteiger partial charge in [-0.25, -0.2) is 0 Å². The summed E-state index contributed by atoms with van der Waals surface area (Å²) in [5.74, 6) is 0. The number of aliphatic hydroxyl groups is 1. The molecule has 1 aliphatic heterocycles. The van der Waals surface area contributed by atoms with Crippen molar-refractivity contribution < 1.29 is 9.84 Å². The molecule has 1 saturated heterocycles. The van der Waals surface area contributed by atoms with Crippen molar-refractivity contribution >= 4 is 11.6 Å². The highest BCUT2D eigenvalue weighted by atomic mass is 35.5. The van der Waals surface area contributed by atoms with Crippen molar-refractivity contribution in [2.45, 2.75) is 76.4 Å². The molecule has 1 aromatic carbocycles. The van der Waals surface area contributed by atoms with Crippen molar-refractivity contribution in [3.63, 3.8) is 0 Å². The average Bonchev–Trinajstić information content (AvgIpc) is 3.21. The summed E-state index contributed by atoms with van der Waals surface area (Å²) in [5.41, 5.74) is 1.10. The molecule has 3 fully saturated rings. The molecule has 3 aliphatic rings. The van der Waals surface area contributed by atoms with Crippen molar-refractivity contribution in [1.29, 1.82) is 0 Å². The minimum Gasteiger partial charge on any atom is -0.396 e. The fourth-order valence-corrected chi connectivity index (χ4v) is 6.41. The first kappa shape index (κ1) is 16.9. The Balaban J connectivity index is 1.70. The van der Waals surface area contributed by atoms with E-state index in [0.29, 0.717) is 0 Å². The molecule has 4 rings (SSSR count). The molecule has 0 unspecified atom stereocenters. The Morgan fingerprint density at radius 2 is 1.67 bits per heavy atom.